The Balaban J connectivity index is 2.36. The number of aliphatic hydroxyl groups excluding tert-OH is 1. The van der Waals surface area contributed by atoms with E-state index < -0.39 is 6.10 Å². The predicted molar refractivity (Wildman–Crippen MR) is 46.2 cm³/mol. The highest BCUT2D eigenvalue weighted by Crippen LogP contribution is 2.25. The molecule has 1 nitrogen and oxygen atoms in total. The number of aliphatic hydroxyl groups is 1. The van der Waals surface area contributed by atoms with Gasteiger partial charge in [0.05, 0.1) is 0 Å². The molecular formula is C9H13ClO. The van der Waals surface area contributed by atoms with Gasteiger partial charge in [-0.25, -0.2) is 0 Å². The molecular weight excluding hydrogens is 160 g/mol. The molecule has 1 saturated carbocycles. The average Bonchev–Trinajstić information content (AvgIpc) is 2.07. The summed E-state index contributed by atoms with van der Waals surface area (Å²) in [5.74, 6) is 2.96. The van der Waals surface area contributed by atoms with Gasteiger partial charge in [0, 0.05) is 5.38 Å². The van der Waals surface area contributed by atoms with Crippen molar-refractivity contribution < 1.29 is 5.11 Å². The molecule has 0 aromatic heterocycles. The van der Waals surface area contributed by atoms with Crippen molar-refractivity contribution in [3.63, 3.8) is 0 Å². The lowest BCUT2D eigenvalue weighted by Crippen LogP contribution is -2.20. The third kappa shape index (κ3) is 2.73. The fraction of sp³-hybridized carbons (Fsp3) is 0.778. The molecule has 2 heteroatoms. The van der Waals surface area contributed by atoms with E-state index in [-0.39, 0.29) is 0 Å². The van der Waals surface area contributed by atoms with Gasteiger partial charge in [-0.3, -0.25) is 0 Å². The minimum atomic E-state index is -0.493. The van der Waals surface area contributed by atoms with Crippen LogP contribution in [0.5, 0.6) is 0 Å². The fourth-order valence-corrected chi connectivity index (χ4v) is 1.74. The zero-order valence-corrected chi connectivity index (χ0v) is 7.27. The van der Waals surface area contributed by atoms with Gasteiger partial charge in [0.15, 0.2) is 0 Å². The molecule has 0 spiro atoms. The molecule has 1 aliphatic carbocycles. The van der Waals surface area contributed by atoms with Crippen LogP contribution in [0.15, 0.2) is 0 Å². The number of halogens is 1. The highest BCUT2D eigenvalue weighted by atomic mass is 35.5. The molecule has 0 aromatic carbocycles. The minimum Gasteiger partial charge on any atom is -0.380 e. The Hall–Kier alpha value is -0.190. The first kappa shape index (κ1) is 8.90. The van der Waals surface area contributed by atoms with Gasteiger partial charge in [-0.15, -0.1) is 0 Å². The third-order valence-corrected chi connectivity index (χ3v) is 2.41. The molecule has 0 aliphatic heterocycles. The van der Waals surface area contributed by atoms with Gasteiger partial charge >= 0.3 is 0 Å². The summed E-state index contributed by atoms with van der Waals surface area (Å²) in [6.45, 7) is 0. The maximum absolute atomic E-state index is 9.42. The minimum absolute atomic E-state index is 0.370. The molecule has 11 heavy (non-hydrogen) atoms. The van der Waals surface area contributed by atoms with Crippen LogP contribution in [-0.4, -0.2) is 11.2 Å². The van der Waals surface area contributed by atoms with Gasteiger partial charge < -0.3 is 5.11 Å². The summed E-state index contributed by atoms with van der Waals surface area (Å²) in [7, 11) is 0. The zero-order chi connectivity index (χ0) is 8.10. The highest BCUT2D eigenvalue weighted by molar-refractivity contribution is 6.30. The normalized spacial score (nSPS) is 22.0. The Kier molecular flexibility index (Phi) is 3.76. The van der Waals surface area contributed by atoms with Crippen LogP contribution < -0.4 is 0 Å². The molecule has 0 amide bonds. The van der Waals surface area contributed by atoms with Crippen molar-refractivity contribution in [2.24, 2.45) is 5.92 Å². The van der Waals surface area contributed by atoms with Crippen molar-refractivity contribution in [2.75, 3.05) is 0 Å². The van der Waals surface area contributed by atoms with E-state index in [0.29, 0.717) is 5.92 Å². The fourth-order valence-electron chi connectivity index (χ4n) is 1.62. The Morgan fingerprint density at radius 2 is 1.91 bits per heavy atom. The van der Waals surface area contributed by atoms with Crippen LogP contribution in [0.25, 0.3) is 0 Å². The van der Waals surface area contributed by atoms with Crippen LogP contribution in [0.4, 0.5) is 0 Å². The second kappa shape index (κ2) is 4.64. The van der Waals surface area contributed by atoms with Gasteiger partial charge in [0.2, 0.25) is 0 Å². The summed E-state index contributed by atoms with van der Waals surface area (Å²) in [5, 5.41) is 11.7. The van der Waals surface area contributed by atoms with Crippen LogP contribution in [0, 0.1) is 17.2 Å². The molecule has 0 radical (unpaired) electrons. The predicted octanol–water partition coefficient (Wildman–Crippen LogP) is 2.13. The summed E-state index contributed by atoms with van der Waals surface area (Å²) in [6, 6.07) is 0. The van der Waals surface area contributed by atoms with Crippen molar-refractivity contribution >= 4 is 11.6 Å². The quantitative estimate of drug-likeness (QED) is 0.601. The molecule has 1 aliphatic rings. The topological polar surface area (TPSA) is 20.2 Å². The smallest absolute Gasteiger partial charge is 0.118 e. The number of hydrogen-bond donors (Lipinski definition) is 1. The lowest BCUT2D eigenvalue weighted by Gasteiger charge is -2.22. The van der Waals surface area contributed by atoms with E-state index in [1.165, 1.54) is 19.3 Å². The van der Waals surface area contributed by atoms with E-state index in [2.05, 4.69) is 11.3 Å². The Morgan fingerprint density at radius 1 is 1.27 bits per heavy atom. The van der Waals surface area contributed by atoms with E-state index in [4.69, 9.17) is 11.6 Å². The summed E-state index contributed by atoms with van der Waals surface area (Å²) in [5.41, 5.74) is 0. The number of rotatable bonds is 1. The SMILES string of the molecule is OC(C#CCl)C1CCCCC1. The Morgan fingerprint density at radius 3 is 2.45 bits per heavy atom. The molecule has 0 saturated heterocycles. The van der Waals surface area contributed by atoms with Crippen molar-refractivity contribution in [2.45, 2.75) is 38.2 Å². The van der Waals surface area contributed by atoms with Crippen LogP contribution in [0.1, 0.15) is 32.1 Å². The van der Waals surface area contributed by atoms with E-state index >= 15 is 0 Å². The first-order chi connectivity index (χ1) is 5.34. The standard InChI is InChI=1S/C9H13ClO/c10-7-6-9(11)8-4-2-1-3-5-8/h8-9,11H,1-5H2. The average molecular weight is 173 g/mol. The van der Waals surface area contributed by atoms with E-state index in [0.717, 1.165) is 12.8 Å². The molecule has 1 atom stereocenters. The van der Waals surface area contributed by atoms with E-state index in [1.807, 2.05) is 0 Å². The summed E-state index contributed by atoms with van der Waals surface area (Å²) < 4.78 is 0. The molecule has 0 bridgehead atoms. The second-order valence-corrected chi connectivity index (χ2v) is 3.27. The van der Waals surface area contributed by atoms with Crippen LogP contribution in [0.2, 0.25) is 0 Å². The second-order valence-electron chi connectivity index (χ2n) is 3.08. The van der Waals surface area contributed by atoms with Crippen molar-refractivity contribution in [1.29, 1.82) is 0 Å². The third-order valence-electron chi connectivity index (χ3n) is 2.30. The molecule has 62 valence electrons. The number of hydrogen-bond acceptors (Lipinski definition) is 1. The lowest BCUT2D eigenvalue weighted by atomic mass is 9.86. The highest BCUT2D eigenvalue weighted by Gasteiger charge is 2.19. The van der Waals surface area contributed by atoms with Gasteiger partial charge in [0.25, 0.3) is 0 Å². The van der Waals surface area contributed by atoms with Crippen molar-refractivity contribution in [1.82, 2.24) is 0 Å². The molecule has 1 unspecified atom stereocenters. The monoisotopic (exact) mass is 172 g/mol. The largest absolute Gasteiger partial charge is 0.380 e. The van der Waals surface area contributed by atoms with Gasteiger partial charge in [-0.05, 0) is 30.4 Å². The molecule has 1 N–H and O–H groups in total. The Labute approximate surface area is 72.7 Å². The summed E-state index contributed by atoms with van der Waals surface area (Å²) >= 11 is 5.19. The van der Waals surface area contributed by atoms with Gasteiger partial charge in [-0.2, -0.15) is 0 Å². The zero-order valence-electron chi connectivity index (χ0n) is 6.52. The maximum Gasteiger partial charge on any atom is 0.118 e. The van der Waals surface area contributed by atoms with Crippen LogP contribution >= 0.6 is 11.6 Å². The van der Waals surface area contributed by atoms with Crippen molar-refractivity contribution in [3.05, 3.63) is 0 Å². The molecule has 0 heterocycles. The van der Waals surface area contributed by atoms with Crippen LogP contribution in [0.3, 0.4) is 0 Å². The van der Waals surface area contributed by atoms with Crippen molar-refractivity contribution in [3.8, 4) is 11.3 Å². The first-order valence-electron chi connectivity index (χ1n) is 4.14. The first-order valence-corrected chi connectivity index (χ1v) is 4.51. The van der Waals surface area contributed by atoms with E-state index in [9.17, 15) is 5.11 Å². The summed E-state index contributed by atoms with van der Waals surface area (Å²) in [4.78, 5) is 0. The lowest BCUT2D eigenvalue weighted by molar-refractivity contribution is 0.133. The maximum atomic E-state index is 9.42. The van der Waals surface area contributed by atoms with Gasteiger partial charge in [-0.1, -0.05) is 25.2 Å². The van der Waals surface area contributed by atoms with E-state index in [1.54, 1.807) is 0 Å². The van der Waals surface area contributed by atoms with Gasteiger partial charge in [0.1, 0.15) is 6.10 Å². The van der Waals surface area contributed by atoms with Crippen LogP contribution in [-0.2, 0) is 0 Å². The molecule has 1 fully saturated rings. The summed E-state index contributed by atoms with van der Waals surface area (Å²) in [6.07, 6.45) is 5.47. The molecule has 0 aromatic rings. The Bertz CT molecular complexity index is 162. The molecule has 1 rings (SSSR count).